The summed E-state index contributed by atoms with van der Waals surface area (Å²) in [6.07, 6.45) is -0.444. The summed E-state index contributed by atoms with van der Waals surface area (Å²) in [5.41, 5.74) is 11.6. The molecule has 0 aromatic heterocycles. The van der Waals surface area contributed by atoms with Gasteiger partial charge < -0.3 is 41.0 Å². The topological polar surface area (TPSA) is 164 Å². The summed E-state index contributed by atoms with van der Waals surface area (Å²) >= 11 is 0. The molecule has 11 nitrogen and oxygen atoms in total. The Labute approximate surface area is 223 Å². The van der Waals surface area contributed by atoms with Crippen LogP contribution in [0.3, 0.4) is 0 Å². The highest BCUT2D eigenvalue weighted by Gasteiger charge is 2.38. The third-order valence-corrected chi connectivity index (χ3v) is 5.34. The number of nitrogens with two attached hydrogens (primary N) is 2. The molecule has 2 rings (SSSR count). The molecule has 0 radical (unpaired) electrons. The maximum absolute atomic E-state index is 12.9. The van der Waals surface area contributed by atoms with E-state index in [2.05, 4.69) is 10.6 Å². The lowest BCUT2D eigenvalue weighted by Gasteiger charge is -2.26. The minimum absolute atomic E-state index is 0.00284. The number of benzene rings is 2. The summed E-state index contributed by atoms with van der Waals surface area (Å²) in [6.45, 7) is 2.41. The molecule has 1 unspecified atom stereocenters. The molecule has 38 heavy (non-hydrogen) atoms. The predicted octanol–water partition coefficient (Wildman–Crippen LogP) is 1.24. The van der Waals surface area contributed by atoms with Crippen LogP contribution in [0.1, 0.15) is 24.0 Å². The summed E-state index contributed by atoms with van der Waals surface area (Å²) in [6, 6.07) is 17.8. The number of hydrogen-bond donors (Lipinski definition) is 4. The highest BCUT2D eigenvalue weighted by molar-refractivity contribution is 5.87. The number of amides is 2. The van der Waals surface area contributed by atoms with Crippen LogP contribution >= 0.6 is 0 Å². The average molecular weight is 531 g/mol. The monoisotopic (exact) mass is 530 g/mol. The van der Waals surface area contributed by atoms with Crippen LogP contribution in [0.5, 0.6) is 0 Å². The Morgan fingerprint density at radius 3 is 1.89 bits per heavy atom. The fourth-order valence-corrected chi connectivity index (χ4v) is 3.28. The maximum atomic E-state index is 12.9. The van der Waals surface area contributed by atoms with Gasteiger partial charge in [-0.3, -0.25) is 9.59 Å². The quantitative estimate of drug-likeness (QED) is 0.164. The molecule has 0 heterocycles. The second-order valence-electron chi connectivity index (χ2n) is 8.49. The van der Waals surface area contributed by atoms with Crippen molar-refractivity contribution in [1.82, 2.24) is 10.6 Å². The lowest BCUT2D eigenvalue weighted by molar-refractivity contribution is -0.158. The molecule has 0 aliphatic rings. The van der Waals surface area contributed by atoms with Gasteiger partial charge in [-0.15, -0.1) is 0 Å². The minimum Gasteiger partial charge on any atom is -0.461 e. The first-order valence-corrected chi connectivity index (χ1v) is 12.5. The normalized spacial score (nSPS) is 12.3. The summed E-state index contributed by atoms with van der Waals surface area (Å²) < 4.78 is 21.3. The van der Waals surface area contributed by atoms with Crippen molar-refractivity contribution in [3.8, 4) is 0 Å². The van der Waals surface area contributed by atoms with Crippen LogP contribution in [-0.4, -0.2) is 69.6 Å². The van der Waals surface area contributed by atoms with E-state index in [1.54, 1.807) is 0 Å². The van der Waals surface area contributed by atoms with E-state index < -0.39 is 29.9 Å². The van der Waals surface area contributed by atoms with Crippen LogP contribution in [0.15, 0.2) is 60.7 Å². The van der Waals surface area contributed by atoms with Gasteiger partial charge in [0.05, 0.1) is 32.8 Å². The molecule has 2 aromatic rings. The first-order valence-electron chi connectivity index (χ1n) is 12.5. The smallest absolute Gasteiger partial charge is 0.327 e. The van der Waals surface area contributed by atoms with E-state index in [-0.39, 0.29) is 32.7 Å². The number of hydrogen-bond acceptors (Lipinski definition) is 9. The van der Waals surface area contributed by atoms with Crippen LogP contribution in [0.4, 0.5) is 4.79 Å². The molecule has 208 valence electrons. The van der Waals surface area contributed by atoms with Crippen molar-refractivity contribution in [2.24, 2.45) is 11.5 Å². The van der Waals surface area contributed by atoms with E-state index in [9.17, 15) is 14.4 Å². The van der Waals surface area contributed by atoms with E-state index in [1.165, 1.54) is 0 Å². The number of nitrogens with one attached hydrogen (secondary N) is 2. The SMILES string of the molecule is NCCOCCOCCNC(=O)NCCC(N)(CC(=O)OCc1ccccc1)C(=O)OCc1ccccc1. The van der Waals surface area contributed by atoms with Gasteiger partial charge >= 0.3 is 18.0 Å². The molecule has 6 N–H and O–H groups in total. The first-order chi connectivity index (χ1) is 18.4. The standard InChI is InChI=1S/C27H38N4O7/c28-12-15-35-17-18-36-16-14-31-26(34)30-13-11-27(29,25(33)38-21-23-9-5-2-6-10-23)19-24(32)37-20-22-7-3-1-4-8-22/h1-10H,11-21,28-29H2,(H2,30,31,34). The van der Waals surface area contributed by atoms with Gasteiger partial charge in [0, 0.05) is 19.6 Å². The molecular formula is C27H38N4O7. The highest BCUT2D eigenvalue weighted by atomic mass is 16.5. The molecule has 0 aliphatic heterocycles. The van der Waals surface area contributed by atoms with Crippen molar-refractivity contribution in [3.63, 3.8) is 0 Å². The van der Waals surface area contributed by atoms with Gasteiger partial charge in [0.2, 0.25) is 0 Å². The average Bonchev–Trinajstić information content (AvgIpc) is 2.93. The Balaban J connectivity index is 1.82. The molecule has 0 saturated heterocycles. The van der Waals surface area contributed by atoms with Crippen LogP contribution in [0.2, 0.25) is 0 Å². The molecule has 2 amide bonds. The van der Waals surface area contributed by atoms with E-state index in [0.29, 0.717) is 33.0 Å². The zero-order valence-corrected chi connectivity index (χ0v) is 21.6. The number of ether oxygens (including phenoxy) is 4. The Morgan fingerprint density at radius 1 is 0.737 bits per heavy atom. The molecule has 0 fully saturated rings. The Bertz CT molecular complexity index is 962. The third-order valence-electron chi connectivity index (χ3n) is 5.34. The number of carbonyl (C=O) groups is 3. The van der Waals surface area contributed by atoms with Gasteiger partial charge in [0.15, 0.2) is 0 Å². The fraction of sp³-hybridized carbons (Fsp3) is 0.444. The summed E-state index contributed by atoms with van der Waals surface area (Å²) in [5.74, 6) is -1.41. The van der Waals surface area contributed by atoms with Crippen molar-refractivity contribution in [3.05, 3.63) is 71.8 Å². The maximum Gasteiger partial charge on any atom is 0.327 e. The van der Waals surface area contributed by atoms with E-state index >= 15 is 0 Å². The predicted molar refractivity (Wildman–Crippen MR) is 141 cm³/mol. The number of rotatable bonds is 18. The first kappa shape index (κ1) is 30.7. The fourth-order valence-electron chi connectivity index (χ4n) is 3.28. The zero-order valence-electron chi connectivity index (χ0n) is 21.6. The summed E-state index contributed by atoms with van der Waals surface area (Å²) in [5, 5.41) is 5.27. The van der Waals surface area contributed by atoms with Crippen molar-refractivity contribution in [2.75, 3.05) is 46.1 Å². The Morgan fingerprint density at radius 2 is 1.29 bits per heavy atom. The molecule has 0 saturated carbocycles. The lowest BCUT2D eigenvalue weighted by atomic mass is 9.92. The van der Waals surface area contributed by atoms with Gasteiger partial charge in [-0.05, 0) is 17.5 Å². The van der Waals surface area contributed by atoms with Crippen molar-refractivity contribution in [1.29, 1.82) is 0 Å². The zero-order chi connectivity index (χ0) is 27.5. The number of urea groups is 1. The van der Waals surface area contributed by atoms with Gasteiger partial charge in [0.25, 0.3) is 0 Å². The Kier molecular flexibility index (Phi) is 14.4. The van der Waals surface area contributed by atoms with Crippen LogP contribution in [-0.2, 0) is 41.8 Å². The van der Waals surface area contributed by atoms with Crippen molar-refractivity contribution in [2.45, 2.75) is 31.6 Å². The molecular weight excluding hydrogens is 492 g/mol. The third kappa shape index (κ3) is 12.6. The number of esters is 2. The highest BCUT2D eigenvalue weighted by Crippen LogP contribution is 2.17. The van der Waals surface area contributed by atoms with Crippen molar-refractivity contribution >= 4 is 18.0 Å². The van der Waals surface area contributed by atoms with Gasteiger partial charge in [-0.25, -0.2) is 4.79 Å². The van der Waals surface area contributed by atoms with Gasteiger partial charge in [-0.2, -0.15) is 0 Å². The van der Waals surface area contributed by atoms with Gasteiger partial charge in [-0.1, -0.05) is 60.7 Å². The Hall–Kier alpha value is -3.51. The number of carbonyl (C=O) groups excluding carboxylic acids is 3. The molecule has 1 atom stereocenters. The summed E-state index contributed by atoms with van der Waals surface area (Å²) in [7, 11) is 0. The molecule has 0 bridgehead atoms. The second kappa shape index (κ2) is 17.9. The van der Waals surface area contributed by atoms with Gasteiger partial charge in [0.1, 0.15) is 18.8 Å². The second-order valence-corrected chi connectivity index (χ2v) is 8.49. The van der Waals surface area contributed by atoms with E-state index in [0.717, 1.165) is 11.1 Å². The van der Waals surface area contributed by atoms with Crippen LogP contribution < -0.4 is 22.1 Å². The van der Waals surface area contributed by atoms with E-state index in [4.69, 9.17) is 30.4 Å². The minimum atomic E-state index is -1.69. The molecule has 0 aliphatic carbocycles. The van der Waals surface area contributed by atoms with Crippen molar-refractivity contribution < 1.29 is 33.3 Å². The molecule has 11 heteroatoms. The van der Waals surface area contributed by atoms with Crippen LogP contribution in [0.25, 0.3) is 0 Å². The molecule has 0 spiro atoms. The summed E-state index contributed by atoms with van der Waals surface area (Å²) in [4.78, 5) is 37.6. The lowest BCUT2D eigenvalue weighted by Crippen LogP contribution is -2.53. The largest absolute Gasteiger partial charge is 0.461 e. The van der Waals surface area contributed by atoms with E-state index in [1.807, 2.05) is 60.7 Å². The van der Waals surface area contributed by atoms with Crippen LogP contribution in [0, 0.1) is 0 Å². The molecule has 2 aromatic carbocycles.